The van der Waals surface area contributed by atoms with Crippen molar-refractivity contribution >= 4 is 158 Å². The van der Waals surface area contributed by atoms with E-state index in [1.807, 2.05) is 70.6 Å². The smallest absolute Gasteiger partial charge is 0.140 e. The van der Waals surface area contributed by atoms with E-state index in [2.05, 4.69) is 75.8 Å². The van der Waals surface area contributed by atoms with Crippen molar-refractivity contribution in [3.05, 3.63) is 0 Å². The van der Waals surface area contributed by atoms with Gasteiger partial charge in [-0.15, -0.1) is 0 Å². The Kier molecular flexibility index (Phi) is 79.4. The van der Waals surface area contributed by atoms with Crippen LogP contribution in [0.4, 0.5) is 0 Å². The second kappa shape index (κ2) is 76.8. The molecule has 532 valence electrons. The predicted molar refractivity (Wildman–Crippen MR) is 410 cm³/mol. The van der Waals surface area contributed by atoms with Gasteiger partial charge in [-0.2, -0.15) is 146 Å². The summed E-state index contributed by atoms with van der Waals surface area (Å²) in [4.78, 5) is 28.6. The highest BCUT2D eigenvalue weighted by atomic mass is 32.2. The van der Waals surface area contributed by atoms with E-state index >= 15 is 0 Å². The second-order valence-electron chi connectivity index (χ2n) is 21.2. The van der Waals surface area contributed by atoms with Gasteiger partial charge in [-0.3, -0.25) is 9.59 Å². The van der Waals surface area contributed by atoms with Crippen molar-refractivity contribution in [1.29, 1.82) is 0 Å². The number of rotatable bonds is 80. The van der Waals surface area contributed by atoms with E-state index in [0.717, 1.165) is 159 Å². The lowest BCUT2D eigenvalue weighted by Crippen LogP contribution is -2.25. The maximum atomic E-state index is 14.3. The number of ketones is 2. The van der Waals surface area contributed by atoms with Gasteiger partial charge in [0.2, 0.25) is 0 Å². The number of hydrogen-bond acceptors (Lipinski definition) is 26. The Hall–Kier alpha value is 3.06. The van der Waals surface area contributed by atoms with Crippen molar-refractivity contribution in [2.45, 2.75) is 109 Å². The van der Waals surface area contributed by atoms with Gasteiger partial charge in [0.25, 0.3) is 0 Å². The summed E-state index contributed by atoms with van der Waals surface area (Å²) in [6.07, 6.45) is 15.4. The first-order valence-electron chi connectivity index (χ1n) is 32.9. The first-order valence-corrected chi connectivity index (χ1v) is 43.7. The Morgan fingerprint density at radius 1 is 0.225 bits per heavy atom. The molecule has 0 spiro atoms. The molecule has 0 aliphatic heterocycles. The summed E-state index contributed by atoms with van der Waals surface area (Å²) in [7, 11) is 0. The van der Waals surface area contributed by atoms with Crippen LogP contribution < -0.4 is 0 Å². The van der Waals surface area contributed by atoms with Crippen molar-refractivity contribution in [3.63, 3.8) is 0 Å². The van der Waals surface area contributed by atoms with Gasteiger partial charge in [-0.25, -0.2) is 0 Å². The summed E-state index contributed by atoms with van der Waals surface area (Å²) >= 11 is 37.0. The molecule has 26 heteroatoms. The number of carbonyl (C=O) groups excluding carboxylic acids is 2. The number of Topliss-reactive ketones (excluding diaryl/α,β-unsaturated/α-hetero) is 2. The molecule has 0 aliphatic carbocycles. The van der Waals surface area contributed by atoms with Crippen LogP contribution in [0.15, 0.2) is 0 Å². The van der Waals surface area contributed by atoms with Gasteiger partial charge in [0.15, 0.2) is 0 Å². The fraction of sp³-hybridized carbons (Fsp3) is 0.968. The number of carbonyl (C=O) groups is 2. The molecule has 0 atom stereocenters. The zero-order chi connectivity index (χ0) is 64.6. The molecule has 0 aromatic heterocycles. The van der Waals surface area contributed by atoms with Gasteiger partial charge in [0.05, 0.1) is 165 Å². The molecule has 0 saturated heterocycles. The summed E-state index contributed by atoms with van der Waals surface area (Å²) in [5.41, 5.74) is 0.0237. The SMILES string of the molecule is O=C(CCC(CCCSCCOCCOCCS)(CCCSCCOCCOCCS)CCCSCCOCCOCCS)CC(=O)CCC(CCCSCCOCCOCCS)(CCCSCCOCCOCCS)CCCSCCOCCOCCS. The molecular formula is C63H124O14S12. The molecule has 0 N–H and O–H groups in total. The fourth-order valence-corrected chi connectivity index (χ4v) is 15.1. The minimum absolute atomic E-state index is 0.0119. The van der Waals surface area contributed by atoms with Crippen molar-refractivity contribution in [1.82, 2.24) is 0 Å². The number of ether oxygens (including phenoxy) is 12. The normalized spacial score (nSPS) is 12.1. The summed E-state index contributed by atoms with van der Waals surface area (Å²) < 4.78 is 68.2. The lowest BCUT2D eigenvalue weighted by atomic mass is 9.71. The first kappa shape index (κ1) is 92.1. The maximum Gasteiger partial charge on any atom is 0.140 e. The molecule has 0 aliphatic rings. The Morgan fingerprint density at radius 2 is 0.393 bits per heavy atom. The van der Waals surface area contributed by atoms with Gasteiger partial charge in [-0.1, -0.05) is 0 Å². The second-order valence-corrected chi connectivity index (χ2v) is 31.3. The van der Waals surface area contributed by atoms with E-state index in [0.29, 0.717) is 206 Å². The van der Waals surface area contributed by atoms with Crippen LogP contribution in [-0.4, -0.2) is 274 Å². The third-order valence-corrected chi connectivity index (χ3v) is 21.4. The van der Waals surface area contributed by atoms with E-state index in [4.69, 9.17) is 56.8 Å². The Labute approximate surface area is 601 Å². The molecule has 0 radical (unpaired) electrons. The molecule has 0 unspecified atom stereocenters. The lowest BCUT2D eigenvalue weighted by Gasteiger charge is -2.35. The molecule has 0 rings (SSSR count). The largest absolute Gasteiger partial charge is 0.378 e. The summed E-state index contributed by atoms with van der Waals surface area (Å²) in [6.45, 7) is 15.2. The van der Waals surface area contributed by atoms with E-state index < -0.39 is 0 Å². The highest BCUT2D eigenvalue weighted by Crippen LogP contribution is 2.43. The summed E-state index contributed by atoms with van der Waals surface area (Å²) in [6, 6.07) is 0. The molecule has 0 fully saturated rings. The monoisotopic (exact) mass is 1490 g/mol. The third kappa shape index (κ3) is 68.0. The predicted octanol–water partition coefficient (Wildman–Crippen LogP) is 12.9. The van der Waals surface area contributed by atoms with Crippen LogP contribution in [0.3, 0.4) is 0 Å². The van der Waals surface area contributed by atoms with Gasteiger partial charge in [0, 0.05) is 81.9 Å². The van der Waals surface area contributed by atoms with E-state index in [1.165, 1.54) is 0 Å². The van der Waals surface area contributed by atoms with Gasteiger partial charge in [-0.05, 0) is 135 Å². The van der Waals surface area contributed by atoms with Crippen LogP contribution in [0.2, 0.25) is 0 Å². The number of thiol groups is 6. The van der Waals surface area contributed by atoms with Crippen molar-refractivity contribution in [3.8, 4) is 0 Å². The summed E-state index contributed by atoms with van der Waals surface area (Å²) in [5, 5.41) is 0. The average Bonchev–Trinajstić information content (AvgIpc) is 2.98. The zero-order valence-corrected chi connectivity index (χ0v) is 64.8. The van der Waals surface area contributed by atoms with E-state index in [-0.39, 0.29) is 28.8 Å². The third-order valence-electron chi connectivity index (χ3n) is 14.1. The molecule has 0 saturated carbocycles. The van der Waals surface area contributed by atoms with Gasteiger partial charge >= 0.3 is 0 Å². The molecule has 89 heavy (non-hydrogen) atoms. The maximum absolute atomic E-state index is 14.3. The Morgan fingerprint density at radius 3 is 0.562 bits per heavy atom. The van der Waals surface area contributed by atoms with Gasteiger partial charge in [0.1, 0.15) is 11.6 Å². The molecule has 0 amide bonds. The molecule has 14 nitrogen and oxygen atoms in total. The van der Waals surface area contributed by atoms with Crippen LogP contribution in [-0.2, 0) is 66.4 Å². The standard InChI is InChI=1S/C63H124O14S12/c64-60(7-15-62(9-1-47-84-53-35-72-23-17-66-29-41-78,10-2-48-85-54-36-73-24-18-67-30-42-79)11-3-49-86-55-37-74-25-19-68-31-43-80)59-61(65)8-16-63(12-4-50-87-56-38-75-26-20-69-32-44-81,13-5-51-88-57-39-76-27-21-70-33-45-82)14-6-52-89-58-40-77-28-22-71-34-46-83/h78-83H,1-59H2. The fourth-order valence-electron chi connectivity index (χ4n) is 9.64. The first-order chi connectivity index (χ1) is 43.9. The lowest BCUT2D eigenvalue weighted by molar-refractivity contribution is -0.127. The zero-order valence-electron chi connectivity index (χ0n) is 54.6. The highest BCUT2D eigenvalue weighted by Gasteiger charge is 2.32. The van der Waals surface area contributed by atoms with Gasteiger partial charge < -0.3 is 56.8 Å². The van der Waals surface area contributed by atoms with Crippen LogP contribution in [0.5, 0.6) is 0 Å². The minimum atomic E-state index is 0.0119. The van der Waals surface area contributed by atoms with Crippen LogP contribution in [0.1, 0.15) is 109 Å². The Balaban J connectivity index is 6.25. The topological polar surface area (TPSA) is 145 Å². The average molecular weight is 1490 g/mol. The number of thioether (sulfide) groups is 6. The van der Waals surface area contributed by atoms with Crippen LogP contribution in [0.25, 0.3) is 0 Å². The molecule has 0 aromatic rings. The van der Waals surface area contributed by atoms with E-state index in [9.17, 15) is 9.59 Å². The minimum Gasteiger partial charge on any atom is -0.378 e. The molecule has 0 bridgehead atoms. The van der Waals surface area contributed by atoms with E-state index in [1.54, 1.807) is 0 Å². The number of hydrogen-bond donors (Lipinski definition) is 6. The summed E-state index contributed by atoms with van der Waals surface area (Å²) in [5.74, 6) is 16.3. The van der Waals surface area contributed by atoms with Crippen molar-refractivity contribution in [2.24, 2.45) is 10.8 Å². The quantitative estimate of drug-likeness (QED) is 0.0195. The molecule has 0 heterocycles. The van der Waals surface area contributed by atoms with Crippen LogP contribution in [0, 0.1) is 10.8 Å². The van der Waals surface area contributed by atoms with Crippen molar-refractivity contribution < 1.29 is 66.4 Å². The van der Waals surface area contributed by atoms with Crippen LogP contribution >= 0.6 is 146 Å². The van der Waals surface area contributed by atoms with Crippen molar-refractivity contribution in [2.75, 3.05) is 262 Å². The molecule has 0 aromatic carbocycles. The highest BCUT2D eigenvalue weighted by molar-refractivity contribution is 8.00. The molecular weight excluding hydrogens is 1370 g/mol. The Bertz CT molecular complexity index is 1210.